The summed E-state index contributed by atoms with van der Waals surface area (Å²) in [6, 6.07) is 17.2. The Labute approximate surface area is 195 Å². The summed E-state index contributed by atoms with van der Waals surface area (Å²) in [4.78, 5) is 18.1. The molecule has 2 heterocycles. The molecule has 1 atom stereocenters. The number of fused-ring (bicyclic) bond motifs is 4. The Morgan fingerprint density at radius 2 is 1.91 bits per heavy atom. The van der Waals surface area contributed by atoms with Crippen molar-refractivity contribution in [3.63, 3.8) is 0 Å². The van der Waals surface area contributed by atoms with Gasteiger partial charge in [-0.2, -0.15) is 4.39 Å². The second kappa shape index (κ2) is 7.69. The fourth-order valence-electron chi connectivity index (χ4n) is 5.06. The molecule has 0 amide bonds. The van der Waals surface area contributed by atoms with Gasteiger partial charge in [0.1, 0.15) is 5.69 Å². The number of anilines is 1. The Morgan fingerprint density at radius 1 is 1.16 bits per heavy atom. The van der Waals surface area contributed by atoms with Crippen LogP contribution < -0.4 is 9.64 Å². The molecule has 0 radical (unpaired) electrons. The number of para-hydroxylation sites is 1. The average molecular weight is 495 g/mol. The van der Waals surface area contributed by atoms with E-state index in [1.807, 2.05) is 30.5 Å². The van der Waals surface area contributed by atoms with Crippen LogP contribution in [-0.2, 0) is 15.5 Å². The number of halogens is 2. The minimum Gasteiger partial charge on any atom is -0.459 e. The van der Waals surface area contributed by atoms with E-state index in [4.69, 9.17) is 9.73 Å². The zero-order chi connectivity index (χ0) is 22.5. The molecule has 2 aliphatic rings. The second-order valence-corrected chi connectivity index (χ2v) is 9.44. The summed E-state index contributed by atoms with van der Waals surface area (Å²) >= 11 is 3.62. The number of ether oxygens (including phenoxy) is 1. The van der Waals surface area contributed by atoms with Crippen LogP contribution in [0.5, 0.6) is 5.75 Å². The lowest BCUT2D eigenvalue weighted by Gasteiger charge is -2.46. The van der Waals surface area contributed by atoms with E-state index in [2.05, 4.69) is 65.0 Å². The lowest BCUT2D eigenvalue weighted by atomic mass is 9.77. The highest BCUT2D eigenvalue weighted by Crippen LogP contribution is 2.55. The molecule has 32 heavy (non-hydrogen) atoms. The number of rotatable bonds is 5. The highest BCUT2D eigenvalue weighted by Gasteiger charge is 2.59. The maximum Gasteiger partial charge on any atom is 0.301 e. The van der Waals surface area contributed by atoms with Crippen LogP contribution in [0, 0.1) is 0 Å². The van der Waals surface area contributed by atoms with E-state index >= 15 is 0 Å². The molecule has 0 aliphatic carbocycles. The predicted octanol–water partition coefficient (Wildman–Crippen LogP) is 6.60. The van der Waals surface area contributed by atoms with Gasteiger partial charge in [0, 0.05) is 34.9 Å². The summed E-state index contributed by atoms with van der Waals surface area (Å²) in [7, 11) is 0. The molecule has 2 aliphatic heterocycles. The van der Waals surface area contributed by atoms with Crippen molar-refractivity contribution in [1.82, 2.24) is 0 Å². The van der Waals surface area contributed by atoms with Gasteiger partial charge in [0.25, 0.3) is 0 Å². The topological polar surface area (TPSA) is 41.9 Å². The molecule has 6 heteroatoms. The molecule has 4 nitrogen and oxygen atoms in total. The summed E-state index contributed by atoms with van der Waals surface area (Å²) in [6.45, 7) is 4.78. The molecule has 0 fully saturated rings. The molecule has 164 valence electrons. The van der Waals surface area contributed by atoms with E-state index in [1.54, 1.807) is 0 Å². The van der Waals surface area contributed by atoms with Crippen molar-refractivity contribution in [1.29, 1.82) is 0 Å². The van der Waals surface area contributed by atoms with Crippen molar-refractivity contribution in [2.24, 2.45) is 4.99 Å². The molecular formula is C26H24BrFN2O2. The van der Waals surface area contributed by atoms with Crippen LogP contribution in [0.2, 0.25) is 0 Å². The van der Waals surface area contributed by atoms with E-state index in [9.17, 15) is 9.18 Å². The van der Waals surface area contributed by atoms with Gasteiger partial charge in [-0.3, -0.25) is 9.79 Å². The first-order chi connectivity index (χ1) is 15.4. The molecular weight excluding hydrogens is 471 g/mol. The van der Waals surface area contributed by atoms with Crippen molar-refractivity contribution < 1.29 is 13.9 Å². The Hall–Kier alpha value is -2.73. The van der Waals surface area contributed by atoms with Crippen LogP contribution in [0.25, 0.3) is 10.8 Å². The van der Waals surface area contributed by atoms with Gasteiger partial charge in [-0.05, 0) is 43.4 Å². The quantitative estimate of drug-likeness (QED) is 0.296. The first-order valence-corrected chi connectivity index (χ1v) is 11.9. The smallest absolute Gasteiger partial charge is 0.301 e. The molecule has 0 saturated carbocycles. The highest BCUT2D eigenvalue weighted by molar-refractivity contribution is 9.08. The largest absolute Gasteiger partial charge is 0.459 e. The molecule has 0 N–H and O–H groups in total. The molecule has 5 rings (SSSR count). The van der Waals surface area contributed by atoms with Crippen LogP contribution >= 0.6 is 15.9 Å². The average Bonchev–Trinajstić information content (AvgIpc) is 2.97. The molecule has 3 aromatic rings. The molecule has 0 bridgehead atoms. The third kappa shape index (κ3) is 2.99. The zero-order valence-electron chi connectivity index (χ0n) is 18.1. The third-order valence-electron chi connectivity index (χ3n) is 6.74. The first kappa shape index (κ1) is 21.1. The summed E-state index contributed by atoms with van der Waals surface area (Å²) in [6.07, 6.45) is 2.19. The number of aliphatic imine (C=N–C) groups is 1. The van der Waals surface area contributed by atoms with Crippen molar-refractivity contribution in [3.05, 3.63) is 65.7 Å². The van der Waals surface area contributed by atoms with Crippen molar-refractivity contribution >= 4 is 50.3 Å². The van der Waals surface area contributed by atoms with Gasteiger partial charge in [0.2, 0.25) is 5.72 Å². The minimum atomic E-state index is -1.29. The minimum absolute atomic E-state index is 0.111. The van der Waals surface area contributed by atoms with E-state index in [-0.39, 0.29) is 6.42 Å². The fourth-order valence-corrected chi connectivity index (χ4v) is 5.48. The zero-order valence-corrected chi connectivity index (χ0v) is 19.7. The van der Waals surface area contributed by atoms with Gasteiger partial charge in [0.05, 0.1) is 11.6 Å². The molecule has 1 unspecified atom stereocenters. The summed E-state index contributed by atoms with van der Waals surface area (Å²) in [5.74, 6) is 0.760. The Balaban J connectivity index is 1.68. The third-order valence-corrected chi connectivity index (χ3v) is 7.35. The number of hydrogen-bond acceptors (Lipinski definition) is 4. The van der Waals surface area contributed by atoms with Crippen LogP contribution in [0.4, 0.5) is 15.8 Å². The molecule has 0 saturated heterocycles. The normalized spacial score (nSPS) is 20.3. The van der Waals surface area contributed by atoms with Crippen LogP contribution in [-0.4, -0.2) is 24.5 Å². The van der Waals surface area contributed by atoms with Crippen molar-refractivity contribution in [2.45, 2.75) is 43.2 Å². The van der Waals surface area contributed by atoms with E-state index < -0.39 is 17.2 Å². The van der Waals surface area contributed by atoms with Gasteiger partial charge in [-0.15, -0.1) is 0 Å². The predicted molar refractivity (Wildman–Crippen MR) is 130 cm³/mol. The maximum atomic E-state index is 13.0. The summed E-state index contributed by atoms with van der Waals surface area (Å²) in [5.41, 5.74) is 2.71. The Morgan fingerprint density at radius 3 is 2.69 bits per heavy atom. The number of hydrogen-bond donors (Lipinski definition) is 0. The van der Waals surface area contributed by atoms with Gasteiger partial charge in [0.15, 0.2) is 5.75 Å². The van der Waals surface area contributed by atoms with Gasteiger partial charge >= 0.3 is 6.04 Å². The monoisotopic (exact) mass is 494 g/mol. The lowest BCUT2D eigenvalue weighted by molar-refractivity contribution is -0.129. The van der Waals surface area contributed by atoms with Crippen molar-refractivity contribution in [2.75, 3.05) is 11.4 Å². The maximum absolute atomic E-state index is 13.0. The standard InChI is InChI=1S/C26H24BrFN2O2/c1-25(2)20-10-5-6-11-21(20)30(13-7-12-22(28)31)26(25)16-29-23-19-9-4-3-8-17(19)14-18(15-27)24(23)32-26/h3-6,8-11,14,16H,7,12-13,15H2,1-2H3. The van der Waals surface area contributed by atoms with Gasteiger partial charge < -0.3 is 9.64 Å². The van der Waals surface area contributed by atoms with E-state index in [0.29, 0.717) is 18.3 Å². The lowest BCUT2D eigenvalue weighted by Crippen LogP contribution is -2.62. The number of benzene rings is 3. The van der Waals surface area contributed by atoms with Gasteiger partial charge in [-0.25, -0.2) is 0 Å². The summed E-state index contributed by atoms with van der Waals surface area (Å²) in [5, 5.41) is 2.79. The number of alkyl halides is 1. The van der Waals surface area contributed by atoms with Crippen LogP contribution in [0.3, 0.4) is 0 Å². The molecule has 3 aromatic carbocycles. The Bertz CT molecular complexity index is 1260. The first-order valence-electron chi connectivity index (χ1n) is 10.8. The Kier molecular flexibility index (Phi) is 5.08. The molecule has 0 aromatic heterocycles. The van der Waals surface area contributed by atoms with E-state index in [0.717, 1.165) is 39.0 Å². The van der Waals surface area contributed by atoms with Gasteiger partial charge in [-0.1, -0.05) is 58.4 Å². The van der Waals surface area contributed by atoms with E-state index in [1.165, 1.54) is 0 Å². The van der Waals surface area contributed by atoms with Crippen LogP contribution in [0.15, 0.2) is 59.6 Å². The van der Waals surface area contributed by atoms with Crippen molar-refractivity contribution in [3.8, 4) is 5.75 Å². The second-order valence-electron chi connectivity index (χ2n) is 8.88. The number of carbonyl (C=O) groups is 1. The fraction of sp³-hybridized carbons (Fsp3) is 0.308. The number of carbonyl (C=O) groups excluding carboxylic acids is 1. The number of nitrogens with zero attached hydrogens (tertiary/aromatic N) is 2. The van der Waals surface area contributed by atoms with Crippen LogP contribution in [0.1, 0.15) is 37.8 Å². The molecule has 1 spiro atoms. The highest BCUT2D eigenvalue weighted by atomic mass is 79.9. The summed E-state index contributed by atoms with van der Waals surface area (Å²) < 4.78 is 19.9. The SMILES string of the molecule is CC1(C)c2ccccc2N(CCCC(=O)F)C12C=Nc1c(c(CBr)cc3ccccc13)O2.